The largest absolute Gasteiger partial charge is 0.360 e. The topological polar surface area (TPSA) is 9.23 Å². The normalized spacial score (nSPS) is 13.7. The molecular weight excluding hydrogens is 131 g/mol. The summed E-state index contributed by atoms with van der Waals surface area (Å²) in [6.45, 7) is 7.38. The fourth-order valence-corrected chi connectivity index (χ4v) is 2.24. The van der Waals surface area contributed by atoms with Crippen LogP contribution in [-0.4, -0.2) is 18.9 Å². The smallest absolute Gasteiger partial charge is 0.0480 e. The Kier molecular flexibility index (Phi) is 6.79. The van der Waals surface area contributed by atoms with Gasteiger partial charge in [0.15, 0.2) is 0 Å². The Morgan fingerprint density at radius 3 is 2.22 bits per heavy atom. The molecule has 0 aromatic rings. The van der Waals surface area contributed by atoms with Crippen LogP contribution in [0.3, 0.4) is 0 Å². The van der Waals surface area contributed by atoms with E-state index in [9.17, 15) is 0 Å². The van der Waals surface area contributed by atoms with Crippen molar-refractivity contribution < 1.29 is 4.52 Å². The molecule has 1 atom stereocenters. The zero-order valence-corrected chi connectivity index (χ0v) is 7.58. The van der Waals surface area contributed by atoms with E-state index in [-0.39, 0.29) is 8.15 Å². The quantitative estimate of drug-likeness (QED) is 0.545. The summed E-state index contributed by atoms with van der Waals surface area (Å²) >= 11 is 0. The summed E-state index contributed by atoms with van der Waals surface area (Å²) in [7, 11) is -0.0586. The van der Waals surface area contributed by atoms with Gasteiger partial charge < -0.3 is 4.52 Å². The Labute approximate surface area is 59.6 Å². The molecular formula is C7H17OP. The minimum atomic E-state index is -0.0586. The van der Waals surface area contributed by atoms with Gasteiger partial charge in [0.2, 0.25) is 0 Å². The number of hydrogen-bond donors (Lipinski definition) is 0. The maximum absolute atomic E-state index is 5.50. The molecule has 0 spiro atoms. The Hall–Kier alpha value is 0.390. The monoisotopic (exact) mass is 148 g/mol. The molecule has 0 amide bonds. The van der Waals surface area contributed by atoms with E-state index in [0.717, 1.165) is 6.61 Å². The number of rotatable bonds is 5. The second kappa shape index (κ2) is 6.51. The third kappa shape index (κ3) is 4.87. The molecule has 56 valence electrons. The summed E-state index contributed by atoms with van der Waals surface area (Å²) in [6.07, 6.45) is 3.76. The van der Waals surface area contributed by atoms with Crippen LogP contribution in [-0.2, 0) is 4.52 Å². The van der Waals surface area contributed by atoms with Crippen molar-refractivity contribution >= 4 is 8.15 Å². The van der Waals surface area contributed by atoms with Gasteiger partial charge in [0.1, 0.15) is 0 Å². The molecule has 0 heterocycles. The number of hydrogen-bond acceptors (Lipinski definition) is 1. The van der Waals surface area contributed by atoms with Crippen LogP contribution in [0.1, 0.15) is 27.2 Å². The van der Waals surface area contributed by atoms with Gasteiger partial charge in [-0.15, -0.1) is 0 Å². The molecule has 0 saturated carbocycles. The molecule has 0 aromatic carbocycles. The van der Waals surface area contributed by atoms with Crippen LogP contribution in [0.15, 0.2) is 0 Å². The van der Waals surface area contributed by atoms with E-state index in [1.807, 2.05) is 0 Å². The summed E-state index contributed by atoms with van der Waals surface area (Å²) in [5, 5.41) is 0. The summed E-state index contributed by atoms with van der Waals surface area (Å²) in [5.41, 5.74) is 0. The summed E-state index contributed by atoms with van der Waals surface area (Å²) in [5.74, 6) is 0. The average molecular weight is 148 g/mol. The predicted octanol–water partition coefficient (Wildman–Crippen LogP) is 2.85. The zero-order chi connectivity index (χ0) is 7.11. The van der Waals surface area contributed by atoms with E-state index in [0.29, 0.717) is 0 Å². The van der Waals surface area contributed by atoms with Crippen LogP contribution >= 0.6 is 8.15 Å². The molecule has 0 bridgehead atoms. The molecule has 0 aliphatic rings. The lowest BCUT2D eigenvalue weighted by Crippen LogP contribution is -1.90. The summed E-state index contributed by atoms with van der Waals surface area (Å²) in [4.78, 5) is 0. The Morgan fingerprint density at radius 1 is 1.22 bits per heavy atom. The van der Waals surface area contributed by atoms with Crippen LogP contribution < -0.4 is 0 Å². The fourth-order valence-electron chi connectivity index (χ4n) is 0.746. The van der Waals surface area contributed by atoms with E-state index in [1.165, 1.54) is 18.7 Å². The Morgan fingerprint density at radius 2 is 1.89 bits per heavy atom. The first-order valence-corrected chi connectivity index (χ1v) is 5.36. The van der Waals surface area contributed by atoms with E-state index in [4.69, 9.17) is 4.52 Å². The van der Waals surface area contributed by atoms with Gasteiger partial charge in [-0.2, -0.15) is 0 Å². The molecule has 0 aliphatic carbocycles. The standard InChI is InChI=1S/C7H17OP/c1-4-7-9(6-3)8-5-2/h4-7H2,1-3H3. The first kappa shape index (κ1) is 9.39. The molecule has 0 aromatic heterocycles. The van der Waals surface area contributed by atoms with E-state index >= 15 is 0 Å². The molecule has 0 aliphatic heterocycles. The third-order valence-electron chi connectivity index (χ3n) is 1.14. The van der Waals surface area contributed by atoms with Crippen molar-refractivity contribution in [1.29, 1.82) is 0 Å². The Bertz CT molecular complexity index is 50.9. The molecule has 1 unspecified atom stereocenters. The maximum atomic E-state index is 5.50. The van der Waals surface area contributed by atoms with Crippen molar-refractivity contribution in [3.8, 4) is 0 Å². The van der Waals surface area contributed by atoms with Crippen molar-refractivity contribution in [3.05, 3.63) is 0 Å². The van der Waals surface area contributed by atoms with Crippen molar-refractivity contribution in [3.63, 3.8) is 0 Å². The minimum Gasteiger partial charge on any atom is -0.360 e. The van der Waals surface area contributed by atoms with E-state index in [2.05, 4.69) is 20.8 Å². The van der Waals surface area contributed by atoms with Gasteiger partial charge in [0, 0.05) is 14.8 Å². The van der Waals surface area contributed by atoms with Crippen LogP contribution in [0.5, 0.6) is 0 Å². The average Bonchev–Trinajstić information content (AvgIpc) is 1.88. The van der Waals surface area contributed by atoms with E-state index in [1.54, 1.807) is 0 Å². The van der Waals surface area contributed by atoms with E-state index < -0.39 is 0 Å². The highest BCUT2D eigenvalue weighted by atomic mass is 31.1. The second-order valence-corrected chi connectivity index (χ2v) is 4.24. The summed E-state index contributed by atoms with van der Waals surface area (Å²) in [6, 6.07) is 0. The SMILES string of the molecule is CCCP(CC)OCC. The molecule has 0 saturated heterocycles. The first-order valence-electron chi connectivity index (χ1n) is 3.73. The zero-order valence-electron chi connectivity index (χ0n) is 6.68. The molecule has 0 rings (SSSR count). The molecule has 0 radical (unpaired) electrons. The lowest BCUT2D eigenvalue weighted by Gasteiger charge is -2.12. The van der Waals surface area contributed by atoms with Gasteiger partial charge in [-0.05, 0) is 19.2 Å². The summed E-state index contributed by atoms with van der Waals surface area (Å²) < 4.78 is 5.50. The third-order valence-corrected chi connectivity index (χ3v) is 3.41. The lowest BCUT2D eigenvalue weighted by molar-refractivity contribution is 0.377. The Balaban J connectivity index is 3.18. The predicted molar refractivity (Wildman–Crippen MR) is 44.2 cm³/mol. The van der Waals surface area contributed by atoms with Gasteiger partial charge >= 0.3 is 0 Å². The molecule has 9 heavy (non-hydrogen) atoms. The molecule has 0 fully saturated rings. The van der Waals surface area contributed by atoms with Gasteiger partial charge in [-0.1, -0.05) is 20.3 Å². The molecule has 2 heteroatoms. The van der Waals surface area contributed by atoms with Crippen LogP contribution in [0.4, 0.5) is 0 Å². The van der Waals surface area contributed by atoms with Gasteiger partial charge in [0.05, 0.1) is 0 Å². The van der Waals surface area contributed by atoms with Crippen molar-refractivity contribution in [2.45, 2.75) is 27.2 Å². The van der Waals surface area contributed by atoms with Crippen molar-refractivity contribution in [2.24, 2.45) is 0 Å². The van der Waals surface area contributed by atoms with Crippen molar-refractivity contribution in [1.82, 2.24) is 0 Å². The van der Waals surface area contributed by atoms with Crippen LogP contribution in [0.25, 0.3) is 0 Å². The minimum absolute atomic E-state index is 0.0586. The highest BCUT2D eigenvalue weighted by Crippen LogP contribution is 2.36. The van der Waals surface area contributed by atoms with Gasteiger partial charge in [0.25, 0.3) is 0 Å². The van der Waals surface area contributed by atoms with Crippen LogP contribution in [0.2, 0.25) is 0 Å². The second-order valence-electron chi connectivity index (χ2n) is 1.94. The first-order chi connectivity index (χ1) is 4.35. The van der Waals surface area contributed by atoms with Gasteiger partial charge in [-0.3, -0.25) is 0 Å². The van der Waals surface area contributed by atoms with Gasteiger partial charge in [-0.25, -0.2) is 0 Å². The molecule has 1 nitrogen and oxygen atoms in total. The highest BCUT2D eigenvalue weighted by Gasteiger charge is 2.01. The highest BCUT2D eigenvalue weighted by molar-refractivity contribution is 7.52. The molecule has 0 N–H and O–H groups in total. The van der Waals surface area contributed by atoms with Crippen molar-refractivity contribution in [2.75, 3.05) is 18.9 Å². The lowest BCUT2D eigenvalue weighted by atomic mass is 10.6. The maximum Gasteiger partial charge on any atom is 0.0480 e. The fraction of sp³-hybridized carbons (Fsp3) is 1.00. The van der Waals surface area contributed by atoms with Crippen LogP contribution in [0, 0.1) is 0 Å².